The van der Waals surface area contributed by atoms with Crippen molar-refractivity contribution in [2.45, 2.75) is 83.5 Å². The van der Waals surface area contributed by atoms with Crippen LogP contribution in [0.4, 0.5) is 0 Å². The van der Waals surface area contributed by atoms with Crippen LogP contribution in [0.3, 0.4) is 0 Å². The van der Waals surface area contributed by atoms with E-state index in [1.807, 2.05) is 0 Å². The molecule has 0 aromatic rings. The van der Waals surface area contributed by atoms with Crippen molar-refractivity contribution in [1.29, 1.82) is 0 Å². The molecule has 6 atom stereocenters. The van der Waals surface area contributed by atoms with Crippen molar-refractivity contribution >= 4 is 43.3 Å². The van der Waals surface area contributed by atoms with Crippen LogP contribution in [0.5, 0.6) is 0 Å². The summed E-state index contributed by atoms with van der Waals surface area (Å²) in [7, 11) is -0.387. The highest BCUT2D eigenvalue weighted by Gasteiger charge is 2.58. The maximum atomic E-state index is 13.3. The summed E-state index contributed by atoms with van der Waals surface area (Å²) in [5.41, 5.74) is -2.04. The monoisotopic (exact) mass is 611 g/mol. The largest absolute Gasteiger partial charge is 0.467 e. The van der Waals surface area contributed by atoms with Crippen molar-refractivity contribution in [2.75, 3.05) is 34.1 Å². The second-order valence-corrected chi connectivity index (χ2v) is 11.5. The van der Waals surface area contributed by atoms with E-state index in [1.165, 1.54) is 0 Å². The highest BCUT2D eigenvalue weighted by Crippen LogP contribution is 2.50. The van der Waals surface area contributed by atoms with Gasteiger partial charge in [0.05, 0.1) is 19.3 Å². The molecule has 0 aromatic heterocycles. The minimum atomic E-state index is -3.73. The van der Waals surface area contributed by atoms with E-state index in [2.05, 4.69) is 5.32 Å². The van der Waals surface area contributed by atoms with Crippen LogP contribution < -0.4 is 5.32 Å². The highest BCUT2D eigenvalue weighted by molar-refractivity contribution is 7.53. The van der Waals surface area contributed by atoms with Gasteiger partial charge in [0, 0.05) is 55.3 Å². The molecule has 1 amide bonds. The summed E-state index contributed by atoms with van der Waals surface area (Å²) in [6.07, 6.45) is -7.24. The van der Waals surface area contributed by atoms with Gasteiger partial charge in [-0.3, -0.25) is 28.5 Å². The lowest BCUT2D eigenvalue weighted by Gasteiger charge is -2.49. The lowest BCUT2D eigenvalue weighted by Crippen LogP contribution is -2.68. The Balaban J connectivity index is 3.89. The molecule has 17 heteroatoms. The molecule has 0 spiro atoms. The first-order valence-electron chi connectivity index (χ1n) is 12.4. The summed E-state index contributed by atoms with van der Waals surface area (Å²) < 4.78 is 55.3. The van der Waals surface area contributed by atoms with E-state index in [-0.39, 0.29) is 12.6 Å². The van der Waals surface area contributed by atoms with Gasteiger partial charge in [-0.15, -0.1) is 0 Å². The van der Waals surface area contributed by atoms with Crippen LogP contribution in [0.25, 0.3) is 0 Å². The third-order valence-corrected chi connectivity index (χ3v) is 7.88. The minimum Gasteiger partial charge on any atom is -0.467 e. The van der Waals surface area contributed by atoms with E-state index < -0.39 is 92.4 Å². The number of hydrogen-bond donors (Lipinski definition) is 1. The highest BCUT2D eigenvalue weighted by atomic mass is 31.2. The zero-order valence-corrected chi connectivity index (χ0v) is 25.2. The number of nitrogens with one attached hydrogen (secondary N) is 1. The van der Waals surface area contributed by atoms with Crippen LogP contribution in [0.1, 0.15) is 47.5 Å². The summed E-state index contributed by atoms with van der Waals surface area (Å²) in [5.74, 6) is -4.94. The van der Waals surface area contributed by atoms with E-state index in [0.717, 1.165) is 55.9 Å². The minimum absolute atomic E-state index is 0.377. The number of methoxy groups -OCH3 is 1. The molecule has 0 bridgehead atoms. The smallest absolute Gasteiger partial charge is 0.338 e. The van der Waals surface area contributed by atoms with Gasteiger partial charge in [0.15, 0.2) is 17.8 Å². The first-order chi connectivity index (χ1) is 19.0. The van der Waals surface area contributed by atoms with Gasteiger partial charge in [0.2, 0.25) is 5.91 Å². The molecule has 1 rings (SSSR count). The lowest BCUT2D eigenvalue weighted by molar-refractivity contribution is -0.242. The van der Waals surface area contributed by atoms with Gasteiger partial charge < -0.3 is 42.8 Å². The van der Waals surface area contributed by atoms with Crippen LogP contribution in [0, 0.1) is 0 Å². The Morgan fingerprint density at radius 1 is 0.902 bits per heavy atom. The number of carbonyl (C=O) groups is 6. The first kappa shape index (κ1) is 36.0. The van der Waals surface area contributed by atoms with Crippen molar-refractivity contribution in [2.24, 2.45) is 0 Å². The summed E-state index contributed by atoms with van der Waals surface area (Å²) >= 11 is 0. The molecule has 1 fully saturated rings. The van der Waals surface area contributed by atoms with Crippen molar-refractivity contribution < 1.29 is 70.8 Å². The molecule has 0 aliphatic carbocycles. The second-order valence-electron chi connectivity index (χ2n) is 9.12. The Bertz CT molecular complexity index is 1020. The second kappa shape index (κ2) is 15.8. The van der Waals surface area contributed by atoms with Gasteiger partial charge in [-0.25, -0.2) is 4.79 Å². The predicted octanol–water partition coefficient (Wildman–Crippen LogP) is 0.426. The van der Waals surface area contributed by atoms with Gasteiger partial charge >= 0.3 is 37.4 Å². The van der Waals surface area contributed by atoms with Gasteiger partial charge in [-0.05, 0) is 6.42 Å². The van der Waals surface area contributed by atoms with Crippen LogP contribution in [-0.4, -0.2) is 106 Å². The fraction of sp³-hybridized carbons (Fsp3) is 0.750. The molecule has 0 saturated carbocycles. The number of amides is 1. The Labute approximate surface area is 237 Å². The Hall–Kier alpha value is -3.07. The third-order valence-electron chi connectivity index (χ3n) is 6.00. The molecular formula is C24H38NO15P. The average Bonchev–Trinajstić information content (AvgIpc) is 2.88. The number of carbonyl (C=O) groups excluding carboxylic acids is 6. The maximum absolute atomic E-state index is 13.3. The Kier molecular flexibility index (Phi) is 13.9. The van der Waals surface area contributed by atoms with Crippen LogP contribution >= 0.6 is 7.60 Å². The molecule has 0 radical (unpaired) electrons. The lowest BCUT2D eigenvalue weighted by atomic mass is 9.81. The molecule has 0 unspecified atom stereocenters. The predicted molar refractivity (Wildman–Crippen MR) is 136 cm³/mol. The van der Waals surface area contributed by atoms with E-state index in [4.69, 9.17) is 37.5 Å². The fourth-order valence-corrected chi connectivity index (χ4v) is 5.51. The third kappa shape index (κ3) is 10.7. The van der Waals surface area contributed by atoms with Crippen LogP contribution in [0.15, 0.2) is 0 Å². The van der Waals surface area contributed by atoms with Gasteiger partial charge in [-0.2, -0.15) is 0 Å². The molecule has 1 saturated heterocycles. The summed E-state index contributed by atoms with van der Waals surface area (Å²) in [6, 6.07) is -1.30. The normalized spacial score (nSPS) is 23.8. The van der Waals surface area contributed by atoms with E-state index in [1.54, 1.807) is 0 Å². The molecular weight excluding hydrogens is 573 g/mol. The quantitative estimate of drug-likeness (QED) is 0.161. The zero-order valence-electron chi connectivity index (χ0n) is 24.3. The summed E-state index contributed by atoms with van der Waals surface area (Å²) in [4.78, 5) is 73.5. The topological polar surface area (TPSA) is 205 Å². The van der Waals surface area contributed by atoms with Gasteiger partial charge in [0.25, 0.3) is 0 Å². The maximum Gasteiger partial charge on any atom is 0.338 e. The first-order valence-corrected chi connectivity index (χ1v) is 14.1. The molecule has 1 heterocycles. The molecule has 16 nitrogen and oxygen atoms in total. The van der Waals surface area contributed by atoms with Crippen LogP contribution in [0.2, 0.25) is 0 Å². The summed E-state index contributed by atoms with van der Waals surface area (Å²) in [6.45, 7) is 4.79. The molecule has 1 aliphatic rings. The van der Waals surface area contributed by atoms with Crippen molar-refractivity contribution in [3.05, 3.63) is 0 Å². The van der Waals surface area contributed by atoms with Crippen molar-refractivity contribution in [1.82, 2.24) is 5.32 Å². The molecule has 1 N–H and O–H groups in total. The van der Waals surface area contributed by atoms with Crippen LogP contribution in [-0.2, 0) is 70.8 Å². The molecule has 234 valence electrons. The number of esters is 5. The van der Waals surface area contributed by atoms with Gasteiger partial charge in [0.1, 0.15) is 18.8 Å². The number of ether oxygens (including phenoxy) is 6. The van der Waals surface area contributed by atoms with E-state index in [9.17, 15) is 33.3 Å². The number of rotatable bonds is 14. The SMILES string of the molecule is COC(=O)[C@]1(CCP(=O)(OC)OC)C[C@H](OC(C)=O)[C@@H](NC(C)=O)[C@H]([C@H](OC(C)=O)[C@@H](COC(C)=O)OC(C)=O)O1. The molecule has 0 aromatic carbocycles. The van der Waals surface area contributed by atoms with Crippen molar-refractivity contribution in [3.8, 4) is 0 Å². The van der Waals surface area contributed by atoms with Crippen molar-refractivity contribution in [3.63, 3.8) is 0 Å². The van der Waals surface area contributed by atoms with E-state index >= 15 is 0 Å². The molecule has 1 aliphatic heterocycles. The number of hydrogen-bond acceptors (Lipinski definition) is 15. The standard InChI is InChI=1S/C24H38NO15P/c1-13(26)25-20-18(37-15(3)28)11-24(23(31)33-6,9-10-41(32,34-7)35-8)40-22(20)21(39-17(5)30)19(38-16(4)29)12-36-14(2)27/h18-22H,9-12H2,1-8H3,(H,25,26)/t18-,19+,20+,21+,22+,24-/m0/s1. The van der Waals surface area contributed by atoms with E-state index in [0.29, 0.717) is 0 Å². The zero-order chi connectivity index (χ0) is 31.5. The Morgan fingerprint density at radius 2 is 1.49 bits per heavy atom. The van der Waals surface area contributed by atoms with Gasteiger partial charge in [-0.1, -0.05) is 0 Å². The average molecular weight is 612 g/mol. The summed E-state index contributed by atoms with van der Waals surface area (Å²) in [5, 5.41) is 2.57. The fourth-order valence-electron chi connectivity index (χ4n) is 4.36. The molecule has 41 heavy (non-hydrogen) atoms. The Morgan fingerprint density at radius 3 is 1.93 bits per heavy atom.